The molecule has 0 saturated carbocycles. The topological polar surface area (TPSA) is 42.7 Å². The van der Waals surface area contributed by atoms with Crippen LogP contribution < -0.4 is 5.32 Å². The molecule has 0 aliphatic heterocycles. The standard InChI is InChI=1S/C14H20N4/c1-3-9-18-10-8-17-14(18)13(15-2)11-12-6-4-5-7-16-12/h4-8,10,13,15H,3,9,11H2,1-2H3. The summed E-state index contributed by atoms with van der Waals surface area (Å²) in [5.41, 5.74) is 1.09. The van der Waals surface area contributed by atoms with E-state index in [-0.39, 0.29) is 6.04 Å². The third-order valence-electron chi connectivity index (χ3n) is 3.01. The van der Waals surface area contributed by atoms with Crippen molar-refractivity contribution in [3.63, 3.8) is 0 Å². The highest BCUT2D eigenvalue weighted by Crippen LogP contribution is 2.15. The van der Waals surface area contributed by atoms with Gasteiger partial charge in [0.15, 0.2) is 0 Å². The van der Waals surface area contributed by atoms with Crippen LogP contribution in [0.3, 0.4) is 0 Å². The first kappa shape index (κ1) is 12.8. The van der Waals surface area contributed by atoms with Gasteiger partial charge in [0.25, 0.3) is 0 Å². The first-order valence-corrected chi connectivity index (χ1v) is 6.43. The normalized spacial score (nSPS) is 12.6. The predicted octanol–water partition coefficient (Wildman–Crippen LogP) is 2.19. The van der Waals surface area contributed by atoms with E-state index >= 15 is 0 Å². The van der Waals surface area contributed by atoms with E-state index in [1.165, 1.54) is 0 Å². The van der Waals surface area contributed by atoms with E-state index in [1.807, 2.05) is 37.8 Å². The first-order chi connectivity index (χ1) is 8.85. The molecule has 4 heteroatoms. The molecule has 0 amide bonds. The molecule has 1 atom stereocenters. The molecule has 0 aromatic carbocycles. The van der Waals surface area contributed by atoms with E-state index in [9.17, 15) is 0 Å². The highest BCUT2D eigenvalue weighted by atomic mass is 15.1. The van der Waals surface area contributed by atoms with Gasteiger partial charge in [-0.25, -0.2) is 4.98 Å². The maximum absolute atomic E-state index is 4.47. The third kappa shape index (κ3) is 2.96. The third-order valence-corrected chi connectivity index (χ3v) is 3.01. The Balaban J connectivity index is 2.15. The van der Waals surface area contributed by atoms with E-state index in [0.29, 0.717) is 0 Å². The number of pyridine rings is 1. The van der Waals surface area contributed by atoms with Crippen LogP contribution in [0.5, 0.6) is 0 Å². The number of aryl methyl sites for hydroxylation is 1. The van der Waals surface area contributed by atoms with E-state index in [0.717, 1.165) is 30.9 Å². The van der Waals surface area contributed by atoms with E-state index < -0.39 is 0 Å². The van der Waals surface area contributed by atoms with Crippen LogP contribution >= 0.6 is 0 Å². The number of hydrogen-bond donors (Lipinski definition) is 1. The molecule has 96 valence electrons. The van der Waals surface area contributed by atoms with Crippen molar-refractivity contribution in [3.05, 3.63) is 48.3 Å². The lowest BCUT2D eigenvalue weighted by Crippen LogP contribution is -2.23. The summed E-state index contributed by atoms with van der Waals surface area (Å²) in [7, 11) is 1.97. The van der Waals surface area contributed by atoms with Crippen LogP contribution in [0, 0.1) is 0 Å². The van der Waals surface area contributed by atoms with Crippen LogP contribution in [0.15, 0.2) is 36.8 Å². The summed E-state index contributed by atoms with van der Waals surface area (Å²) >= 11 is 0. The molecular weight excluding hydrogens is 224 g/mol. The van der Waals surface area contributed by atoms with E-state index in [4.69, 9.17) is 0 Å². The lowest BCUT2D eigenvalue weighted by atomic mass is 10.1. The van der Waals surface area contributed by atoms with E-state index in [1.54, 1.807) is 0 Å². The Morgan fingerprint density at radius 1 is 1.28 bits per heavy atom. The maximum Gasteiger partial charge on any atom is 0.126 e. The van der Waals surface area contributed by atoms with Gasteiger partial charge in [-0.15, -0.1) is 0 Å². The molecule has 2 rings (SSSR count). The fourth-order valence-electron chi connectivity index (χ4n) is 2.11. The summed E-state index contributed by atoms with van der Waals surface area (Å²) in [4.78, 5) is 8.85. The first-order valence-electron chi connectivity index (χ1n) is 6.43. The molecule has 0 saturated heterocycles. The van der Waals surface area contributed by atoms with Gasteiger partial charge in [-0.3, -0.25) is 4.98 Å². The summed E-state index contributed by atoms with van der Waals surface area (Å²) in [5, 5.41) is 3.33. The van der Waals surface area contributed by atoms with E-state index in [2.05, 4.69) is 32.8 Å². The lowest BCUT2D eigenvalue weighted by molar-refractivity contribution is 0.508. The molecule has 0 aliphatic rings. The molecule has 1 N–H and O–H groups in total. The average Bonchev–Trinajstić information content (AvgIpc) is 2.86. The Morgan fingerprint density at radius 2 is 2.17 bits per heavy atom. The van der Waals surface area contributed by atoms with Crippen LogP contribution in [-0.4, -0.2) is 21.6 Å². The van der Waals surface area contributed by atoms with Crippen molar-refractivity contribution in [1.29, 1.82) is 0 Å². The summed E-state index contributed by atoms with van der Waals surface area (Å²) < 4.78 is 2.21. The van der Waals surface area contributed by atoms with Gasteiger partial charge < -0.3 is 9.88 Å². The smallest absolute Gasteiger partial charge is 0.126 e. The summed E-state index contributed by atoms with van der Waals surface area (Å²) in [6.45, 7) is 3.19. The van der Waals surface area contributed by atoms with Gasteiger partial charge in [0.1, 0.15) is 5.82 Å². The molecular formula is C14H20N4. The van der Waals surface area contributed by atoms with Crippen molar-refractivity contribution in [1.82, 2.24) is 19.9 Å². The van der Waals surface area contributed by atoms with Crippen LogP contribution in [0.2, 0.25) is 0 Å². The van der Waals surface area contributed by atoms with Gasteiger partial charge in [-0.1, -0.05) is 13.0 Å². The van der Waals surface area contributed by atoms with Crippen molar-refractivity contribution >= 4 is 0 Å². The number of likely N-dealkylation sites (N-methyl/N-ethyl adjacent to an activating group) is 1. The average molecular weight is 244 g/mol. The van der Waals surface area contributed by atoms with Crippen LogP contribution in [-0.2, 0) is 13.0 Å². The molecule has 0 radical (unpaired) electrons. The van der Waals surface area contributed by atoms with Gasteiger partial charge in [0, 0.05) is 37.3 Å². The van der Waals surface area contributed by atoms with Crippen molar-refractivity contribution in [3.8, 4) is 0 Å². The van der Waals surface area contributed by atoms with Crippen molar-refractivity contribution < 1.29 is 0 Å². The summed E-state index contributed by atoms with van der Waals surface area (Å²) in [5.74, 6) is 1.09. The number of rotatable bonds is 6. The largest absolute Gasteiger partial charge is 0.334 e. The summed E-state index contributed by atoms with van der Waals surface area (Å²) in [6.07, 6.45) is 7.72. The molecule has 4 nitrogen and oxygen atoms in total. The zero-order valence-corrected chi connectivity index (χ0v) is 11.0. The Morgan fingerprint density at radius 3 is 2.83 bits per heavy atom. The quantitative estimate of drug-likeness (QED) is 0.847. The van der Waals surface area contributed by atoms with Gasteiger partial charge >= 0.3 is 0 Å². The minimum Gasteiger partial charge on any atom is -0.334 e. The molecule has 18 heavy (non-hydrogen) atoms. The van der Waals surface area contributed by atoms with Crippen molar-refractivity contribution in [2.45, 2.75) is 32.4 Å². The number of nitrogens with zero attached hydrogens (tertiary/aromatic N) is 3. The molecule has 2 aromatic heterocycles. The van der Waals surface area contributed by atoms with Gasteiger partial charge in [0.05, 0.1) is 6.04 Å². The number of imidazole rings is 1. The van der Waals surface area contributed by atoms with Crippen LogP contribution in [0.4, 0.5) is 0 Å². The molecule has 2 aromatic rings. The molecule has 0 aliphatic carbocycles. The Kier molecular flexibility index (Phi) is 4.47. The van der Waals surface area contributed by atoms with Gasteiger partial charge in [0.2, 0.25) is 0 Å². The molecule has 0 bridgehead atoms. The Bertz CT molecular complexity index is 464. The monoisotopic (exact) mass is 244 g/mol. The minimum absolute atomic E-state index is 0.210. The second-order valence-electron chi connectivity index (χ2n) is 4.35. The second kappa shape index (κ2) is 6.31. The Hall–Kier alpha value is -1.68. The molecule has 1 unspecified atom stereocenters. The van der Waals surface area contributed by atoms with Gasteiger partial charge in [-0.05, 0) is 25.6 Å². The fourth-order valence-corrected chi connectivity index (χ4v) is 2.11. The number of nitrogens with one attached hydrogen (secondary N) is 1. The summed E-state index contributed by atoms with van der Waals surface area (Å²) in [6, 6.07) is 6.22. The SMILES string of the molecule is CCCn1ccnc1C(Cc1ccccn1)NC. The van der Waals surface area contributed by atoms with Gasteiger partial charge in [-0.2, -0.15) is 0 Å². The fraction of sp³-hybridized carbons (Fsp3) is 0.429. The molecule has 0 spiro atoms. The zero-order chi connectivity index (χ0) is 12.8. The van der Waals surface area contributed by atoms with Crippen LogP contribution in [0.1, 0.15) is 30.9 Å². The zero-order valence-electron chi connectivity index (χ0n) is 11.0. The molecule has 2 heterocycles. The lowest BCUT2D eigenvalue weighted by Gasteiger charge is -2.17. The van der Waals surface area contributed by atoms with Crippen LogP contribution in [0.25, 0.3) is 0 Å². The number of aromatic nitrogens is 3. The predicted molar refractivity (Wildman–Crippen MR) is 72.3 cm³/mol. The van der Waals surface area contributed by atoms with Crippen molar-refractivity contribution in [2.75, 3.05) is 7.05 Å². The maximum atomic E-state index is 4.47. The van der Waals surface area contributed by atoms with Crippen molar-refractivity contribution in [2.24, 2.45) is 0 Å². The minimum atomic E-state index is 0.210. The Labute approximate surface area is 108 Å². The highest BCUT2D eigenvalue weighted by molar-refractivity contribution is 5.09. The molecule has 0 fully saturated rings. The number of hydrogen-bond acceptors (Lipinski definition) is 3. The second-order valence-corrected chi connectivity index (χ2v) is 4.35. The highest BCUT2D eigenvalue weighted by Gasteiger charge is 2.15.